The highest BCUT2D eigenvalue weighted by atomic mass is 16.2. The minimum atomic E-state index is 0.102. The van der Waals surface area contributed by atoms with Crippen molar-refractivity contribution in [2.45, 2.75) is 19.4 Å². The minimum absolute atomic E-state index is 0.102. The first-order valence-electron chi connectivity index (χ1n) is 4.92. The molecule has 1 amide bonds. The van der Waals surface area contributed by atoms with Gasteiger partial charge in [0.2, 0.25) is 5.91 Å². The summed E-state index contributed by atoms with van der Waals surface area (Å²) < 4.78 is 0. The van der Waals surface area contributed by atoms with Crippen molar-refractivity contribution in [1.82, 2.24) is 15.5 Å². The van der Waals surface area contributed by atoms with Crippen LogP contribution >= 0.6 is 0 Å². The van der Waals surface area contributed by atoms with Crippen LogP contribution in [0.2, 0.25) is 0 Å². The van der Waals surface area contributed by atoms with Crippen molar-refractivity contribution in [3.05, 3.63) is 0 Å². The molecule has 1 fully saturated rings. The highest BCUT2D eigenvalue weighted by Crippen LogP contribution is 2.07. The average molecular weight is 185 g/mol. The third kappa shape index (κ3) is 3.32. The van der Waals surface area contributed by atoms with Crippen LogP contribution in [0.25, 0.3) is 0 Å². The van der Waals surface area contributed by atoms with Gasteiger partial charge in [-0.05, 0) is 20.0 Å². The van der Waals surface area contributed by atoms with Crippen LogP contribution in [-0.2, 0) is 4.79 Å². The molecule has 1 rings (SSSR count). The van der Waals surface area contributed by atoms with Crippen molar-refractivity contribution in [3.63, 3.8) is 0 Å². The van der Waals surface area contributed by atoms with Crippen molar-refractivity contribution in [2.24, 2.45) is 0 Å². The monoisotopic (exact) mass is 185 g/mol. The molecular weight excluding hydrogens is 166 g/mol. The van der Waals surface area contributed by atoms with Gasteiger partial charge in [-0.3, -0.25) is 4.79 Å². The third-order valence-electron chi connectivity index (χ3n) is 2.42. The first kappa shape index (κ1) is 10.5. The van der Waals surface area contributed by atoms with E-state index >= 15 is 0 Å². The van der Waals surface area contributed by atoms with E-state index < -0.39 is 0 Å². The number of nitrogens with zero attached hydrogens (tertiary/aromatic N) is 1. The van der Waals surface area contributed by atoms with Crippen LogP contribution < -0.4 is 10.6 Å². The summed E-state index contributed by atoms with van der Waals surface area (Å²) in [5.41, 5.74) is 0. The highest BCUT2D eigenvalue weighted by Gasteiger charge is 2.21. The number of likely N-dealkylation sites (N-methyl/N-ethyl adjacent to an activating group) is 2. The maximum atomic E-state index is 11.2. The molecule has 13 heavy (non-hydrogen) atoms. The predicted molar refractivity (Wildman–Crippen MR) is 52.6 cm³/mol. The molecule has 0 radical (unpaired) electrons. The molecule has 1 saturated heterocycles. The fourth-order valence-corrected chi connectivity index (χ4v) is 1.68. The Morgan fingerprint density at radius 2 is 2.38 bits per heavy atom. The van der Waals surface area contributed by atoms with Gasteiger partial charge in [0, 0.05) is 19.1 Å². The lowest BCUT2D eigenvalue weighted by Crippen LogP contribution is -2.41. The second-order valence-electron chi connectivity index (χ2n) is 3.48. The predicted octanol–water partition coefficient (Wildman–Crippen LogP) is -0.584. The maximum absolute atomic E-state index is 11.2. The standard InChI is InChI=1S/C9H19N3O/c1-3-12-5-4-8(7-12)11-9(13)6-10-2/h8,10H,3-7H2,1-2H3,(H,11,13)/t8-/m1/s1. The molecule has 2 N–H and O–H groups in total. The van der Waals surface area contributed by atoms with Crippen LogP contribution in [0.3, 0.4) is 0 Å². The summed E-state index contributed by atoms with van der Waals surface area (Å²) in [7, 11) is 1.78. The summed E-state index contributed by atoms with van der Waals surface area (Å²) >= 11 is 0. The van der Waals surface area contributed by atoms with E-state index in [-0.39, 0.29) is 5.91 Å². The van der Waals surface area contributed by atoms with Crippen molar-refractivity contribution in [2.75, 3.05) is 33.2 Å². The number of likely N-dealkylation sites (tertiary alicyclic amines) is 1. The number of hydrogen-bond acceptors (Lipinski definition) is 3. The van der Waals surface area contributed by atoms with Crippen LogP contribution in [0.5, 0.6) is 0 Å². The Bertz CT molecular complexity index is 172. The zero-order valence-corrected chi connectivity index (χ0v) is 8.47. The topological polar surface area (TPSA) is 44.4 Å². The van der Waals surface area contributed by atoms with Gasteiger partial charge in [0.25, 0.3) is 0 Å². The van der Waals surface area contributed by atoms with Crippen LogP contribution in [0.4, 0.5) is 0 Å². The second kappa shape index (κ2) is 5.19. The van der Waals surface area contributed by atoms with E-state index in [1.165, 1.54) is 0 Å². The van der Waals surface area contributed by atoms with Gasteiger partial charge in [-0.1, -0.05) is 6.92 Å². The molecule has 1 atom stereocenters. The summed E-state index contributed by atoms with van der Waals surface area (Å²) in [6.45, 7) is 5.77. The lowest BCUT2D eigenvalue weighted by Gasteiger charge is -2.14. The molecule has 4 heteroatoms. The van der Waals surface area contributed by atoms with E-state index in [4.69, 9.17) is 0 Å². The van der Waals surface area contributed by atoms with Gasteiger partial charge in [0.15, 0.2) is 0 Å². The summed E-state index contributed by atoms with van der Waals surface area (Å²) in [6, 6.07) is 0.362. The van der Waals surface area contributed by atoms with E-state index in [0.29, 0.717) is 12.6 Å². The van der Waals surface area contributed by atoms with Gasteiger partial charge in [-0.15, -0.1) is 0 Å². The number of carbonyl (C=O) groups is 1. The van der Waals surface area contributed by atoms with Crippen molar-refractivity contribution in [1.29, 1.82) is 0 Å². The molecule has 1 aliphatic heterocycles. The number of carbonyl (C=O) groups excluding carboxylic acids is 1. The van der Waals surface area contributed by atoms with E-state index in [9.17, 15) is 4.79 Å². The lowest BCUT2D eigenvalue weighted by molar-refractivity contribution is -0.120. The van der Waals surface area contributed by atoms with E-state index in [0.717, 1.165) is 26.1 Å². The molecular formula is C9H19N3O. The molecule has 0 bridgehead atoms. The van der Waals surface area contributed by atoms with E-state index in [2.05, 4.69) is 22.5 Å². The summed E-state index contributed by atoms with van der Waals surface area (Å²) in [5.74, 6) is 0.102. The number of rotatable bonds is 4. The van der Waals surface area contributed by atoms with Crippen LogP contribution in [0, 0.1) is 0 Å². The molecule has 0 aromatic carbocycles. The number of hydrogen-bond donors (Lipinski definition) is 2. The molecule has 0 spiro atoms. The summed E-state index contributed by atoms with van der Waals surface area (Å²) in [5, 5.41) is 5.84. The second-order valence-corrected chi connectivity index (χ2v) is 3.48. The normalized spacial score (nSPS) is 23.4. The van der Waals surface area contributed by atoms with Gasteiger partial charge in [0.1, 0.15) is 0 Å². The maximum Gasteiger partial charge on any atom is 0.234 e. The van der Waals surface area contributed by atoms with Crippen molar-refractivity contribution in [3.8, 4) is 0 Å². The molecule has 1 heterocycles. The Balaban J connectivity index is 2.19. The molecule has 0 aromatic rings. The van der Waals surface area contributed by atoms with E-state index in [1.54, 1.807) is 7.05 Å². The fraction of sp³-hybridized carbons (Fsp3) is 0.889. The van der Waals surface area contributed by atoms with Gasteiger partial charge >= 0.3 is 0 Å². The molecule has 1 aliphatic rings. The molecule has 0 saturated carbocycles. The zero-order chi connectivity index (χ0) is 9.68. The Morgan fingerprint density at radius 3 is 2.92 bits per heavy atom. The molecule has 4 nitrogen and oxygen atoms in total. The number of nitrogens with one attached hydrogen (secondary N) is 2. The van der Waals surface area contributed by atoms with Crippen molar-refractivity contribution >= 4 is 5.91 Å². The SMILES string of the molecule is CCN1CC[C@@H](NC(=O)CNC)C1. The Labute approximate surface area is 79.7 Å². The van der Waals surface area contributed by atoms with Crippen LogP contribution in [0.1, 0.15) is 13.3 Å². The average Bonchev–Trinajstić information content (AvgIpc) is 2.52. The van der Waals surface area contributed by atoms with E-state index in [1.807, 2.05) is 0 Å². The first-order chi connectivity index (χ1) is 6.26. The first-order valence-corrected chi connectivity index (χ1v) is 4.92. The third-order valence-corrected chi connectivity index (χ3v) is 2.42. The van der Waals surface area contributed by atoms with Crippen LogP contribution in [0.15, 0.2) is 0 Å². The molecule has 76 valence electrons. The Kier molecular flexibility index (Phi) is 4.18. The lowest BCUT2D eigenvalue weighted by atomic mass is 10.2. The Hall–Kier alpha value is -0.610. The zero-order valence-electron chi connectivity index (χ0n) is 8.47. The number of amides is 1. The van der Waals surface area contributed by atoms with Crippen molar-refractivity contribution < 1.29 is 4.79 Å². The van der Waals surface area contributed by atoms with Gasteiger partial charge < -0.3 is 15.5 Å². The smallest absolute Gasteiger partial charge is 0.234 e. The van der Waals surface area contributed by atoms with Gasteiger partial charge in [0.05, 0.1) is 6.54 Å². The Morgan fingerprint density at radius 1 is 1.62 bits per heavy atom. The van der Waals surface area contributed by atoms with Gasteiger partial charge in [-0.25, -0.2) is 0 Å². The van der Waals surface area contributed by atoms with Crippen LogP contribution in [-0.4, -0.2) is 50.1 Å². The molecule has 0 aromatic heterocycles. The van der Waals surface area contributed by atoms with Gasteiger partial charge in [-0.2, -0.15) is 0 Å². The summed E-state index contributed by atoms with van der Waals surface area (Å²) in [6.07, 6.45) is 1.09. The quantitative estimate of drug-likeness (QED) is 0.615. The minimum Gasteiger partial charge on any atom is -0.351 e. The molecule has 0 unspecified atom stereocenters. The largest absolute Gasteiger partial charge is 0.351 e. The summed E-state index contributed by atoms with van der Waals surface area (Å²) in [4.78, 5) is 13.6. The molecule has 0 aliphatic carbocycles. The highest BCUT2D eigenvalue weighted by molar-refractivity contribution is 5.78. The fourth-order valence-electron chi connectivity index (χ4n) is 1.68.